The van der Waals surface area contributed by atoms with Crippen LogP contribution < -0.4 is 5.32 Å². The number of aryl methyl sites for hydroxylation is 2. The number of sulfonamides is 1. The molecule has 7 heteroatoms. The van der Waals surface area contributed by atoms with Gasteiger partial charge in [0, 0.05) is 25.5 Å². The van der Waals surface area contributed by atoms with Crippen LogP contribution in [0.3, 0.4) is 0 Å². The molecule has 0 radical (unpaired) electrons. The molecule has 0 aliphatic carbocycles. The summed E-state index contributed by atoms with van der Waals surface area (Å²) in [5.74, 6) is 0.801. The quantitative estimate of drug-likeness (QED) is 0.784. The van der Waals surface area contributed by atoms with E-state index in [4.69, 9.17) is 0 Å². The summed E-state index contributed by atoms with van der Waals surface area (Å²) in [6.07, 6.45) is 0. The predicted octanol–water partition coefficient (Wildman–Crippen LogP) is 3.43. The van der Waals surface area contributed by atoms with E-state index in [2.05, 4.69) is 5.32 Å². The molecule has 0 bridgehead atoms. The number of thioether (sulfide) groups is 1. The Bertz CT molecular complexity index is 893. The SMILES string of the molecule is Cc1ccc(C)c(NC(=O)CSCc2cccc(S(=O)(=O)N(C)C)c2)c1. The van der Waals surface area contributed by atoms with Crippen molar-refractivity contribution in [2.75, 3.05) is 25.2 Å². The highest BCUT2D eigenvalue weighted by molar-refractivity contribution is 7.99. The fraction of sp³-hybridized carbons (Fsp3) is 0.316. The lowest BCUT2D eigenvalue weighted by Gasteiger charge is -2.12. The Kier molecular flexibility index (Phi) is 6.86. The van der Waals surface area contributed by atoms with Crippen LogP contribution in [0.15, 0.2) is 47.4 Å². The first-order chi connectivity index (χ1) is 12.2. The molecule has 0 aromatic heterocycles. The van der Waals surface area contributed by atoms with Crippen molar-refractivity contribution < 1.29 is 13.2 Å². The molecule has 1 amide bonds. The average molecular weight is 393 g/mol. The molecule has 26 heavy (non-hydrogen) atoms. The van der Waals surface area contributed by atoms with Crippen molar-refractivity contribution >= 4 is 33.4 Å². The predicted molar refractivity (Wildman–Crippen MR) is 108 cm³/mol. The minimum absolute atomic E-state index is 0.0687. The Morgan fingerprint density at radius 3 is 2.54 bits per heavy atom. The average Bonchev–Trinajstić information content (AvgIpc) is 2.58. The van der Waals surface area contributed by atoms with E-state index in [1.54, 1.807) is 18.2 Å². The molecule has 0 saturated heterocycles. The third-order valence-corrected chi connectivity index (χ3v) is 6.66. The Hall–Kier alpha value is -1.83. The van der Waals surface area contributed by atoms with E-state index in [0.717, 1.165) is 22.4 Å². The first-order valence-electron chi connectivity index (χ1n) is 8.16. The number of hydrogen-bond donors (Lipinski definition) is 1. The number of rotatable bonds is 7. The Labute approximate surface area is 159 Å². The standard InChI is InChI=1S/C19H24N2O3S2/c1-14-8-9-15(2)18(10-14)20-19(22)13-25-12-16-6-5-7-17(11-16)26(23,24)21(3)4/h5-11H,12-13H2,1-4H3,(H,20,22). The van der Waals surface area contributed by atoms with Gasteiger partial charge in [0.2, 0.25) is 15.9 Å². The highest BCUT2D eigenvalue weighted by Crippen LogP contribution is 2.20. The summed E-state index contributed by atoms with van der Waals surface area (Å²) in [6, 6.07) is 12.8. The highest BCUT2D eigenvalue weighted by atomic mass is 32.2. The maximum absolute atomic E-state index is 12.2. The van der Waals surface area contributed by atoms with E-state index < -0.39 is 10.0 Å². The topological polar surface area (TPSA) is 66.5 Å². The molecule has 0 heterocycles. The molecule has 0 fully saturated rings. The summed E-state index contributed by atoms with van der Waals surface area (Å²) < 4.78 is 25.6. The Morgan fingerprint density at radius 1 is 1.12 bits per heavy atom. The Balaban J connectivity index is 1.94. The fourth-order valence-corrected chi connectivity index (χ4v) is 4.07. The summed E-state index contributed by atoms with van der Waals surface area (Å²) in [5, 5.41) is 2.93. The van der Waals surface area contributed by atoms with Gasteiger partial charge >= 0.3 is 0 Å². The van der Waals surface area contributed by atoms with Crippen LogP contribution in [0.2, 0.25) is 0 Å². The molecule has 0 atom stereocenters. The molecule has 2 rings (SSSR count). The molecule has 0 aliphatic heterocycles. The van der Waals surface area contributed by atoms with Gasteiger partial charge in [-0.1, -0.05) is 24.3 Å². The number of nitrogens with one attached hydrogen (secondary N) is 1. The maximum Gasteiger partial charge on any atom is 0.242 e. The monoisotopic (exact) mass is 392 g/mol. The zero-order valence-corrected chi connectivity index (χ0v) is 17.1. The Morgan fingerprint density at radius 2 is 1.85 bits per heavy atom. The van der Waals surface area contributed by atoms with Crippen LogP contribution in [-0.4, -0.2) is 38.5 Å². The molecular formula is C19H24N2O3S2. The minimum atomic E-state index is -3.45. The minimum Gasteiger partial charge on any atom is -0.325 e. The number of anilines is 1. The van der Waals surface area contributed by atoms with Crippen molar-refractivity contribution in [1.82, 2.24) is 4.31 Å². The molecular weight excluding hydrogens is 368 g/mol. The normalized spacial score (nSPS) is 11.6. The van der Waals surface area contributed by atoms with Crippen molar-refractivity contribution in [3.05, 3.63) is 59.2 Å². The van der Waals surface area contributed by atoms with E-state index in [1.165, 1.54) is 30.2 Å². The van der Waals surface area contributed by atoms with Crippen LogP contribution in [0, 0.1) is 13.8 Å². The second kappa shape index (κ2) is 8.70. The van der Waals surface area contributed by atoms with Gasteiger partial charge < -0.3 is 5.32 Å². The second-order valence-corrected chi connectivity index (χ2v) is 9.43. The van der Waals surface area contributed by atoms with Gasteiger partial charge in [0.25, 0.3) is 0 Å². The lowest BCUT2D eigenvalue weighted by atomic mass is 10.1. The third-order valence-electron chi connectivity index (χ3n) is 3.85. The molecule has 2 aromatic rings. The van der Waals surface area contributed by atoms with Crippen LogP contribution in [0.5, 0.6) is 0 Å². The van der Waals surface area contributed by atoms with Gasteiger partial charge in [-0.3, -0.25) is 4.79 Å². The first-order valence-corrected chi connectivity index (χ1v) is 10.8. The molecule has 0 saturated carbocycles. The number of carbonyl (C=O) groups is 1. The summed E-state index contributed by atoms with van der Waals surface area (Å²) in [4.78, 5) is 12.4. The molecule has 140 valence electrons. The second-order valence-electron chi connectivity index (χ2n) is 6.29. The van der Waals surface area contributed by atoms with Gasteiger partial charge in [0.1, 0.15) is 0 Å². The van der Waals surface area contributed by atoms with Crippen molar-refractivity contribution in [2.45, 2.75) is 24.5 Å². The number of benzene rings is 2. The lowest BCUT2D eigenvalue weighted by molar-refractivity contribution is -0.113. The van der Waals surface area contributed by atoms with Crippen LogP contribution in [0.4, 0.5) is 5.69 Å². The number of nitrogens with zero attached hydrogens (tertiary/aromatic N) is 1. The van der Waals surface area contributed by atoms with Crippen molar-refractivity contribution in [2.24, 2.45) is 0 Å². The van der Waals surface area contributed by atoms with E-state index in [9.17, 15) is 13.2 Å². The van der Waals surface area contributed by atoms with Gasteiger partial charge in [0.15, 0.2) is 0 Å². The van der Waals surface area contributed by atoms with E-state index in [1.807, 2.05) is 38.1 Å². The van der Waals surface area contributed by atoms with Gasteiger partial charge in [-0.25, -0.2) is 12.7 Å². The smallest absolute Gasteiger partial charge is 0.242 e. The van der Waals surface area contributed by atoms with Crippen molar-refractivity contribution in [3.63, 3.8) is 0 Å². The molecule has 0 unspecified atom stereocenters. The zero-order chi connectivity index (χ0) is 19.3. The van der Waals surface area contributed by atoms with Crippen LogP contribution >= 0.6 is 11.8 Å². The molecule has 0 spiro atoms. The third kappa shape index (κ3) is 5.33. The fourth-order valence-electron chi connectivity index (χ4n) is 2.32. The van der Waals surface area contributed by atoms with Gasteiger partial charge in [-0.05, 0) is 48.7 Å². The summed E-state index contributed by atoms with van der Waals surface area (Å²) >= 11 is 1.45. The lowest BCUT2D eigenvalue weighted by Crippen LogP contribution is -2.22. The van der Waals surface area contributed by atoms with Crippen molar-refractivity contribution in [3.8, 4) is 0 Å². The highest BCUT2D eigenvalue weighted by Gasteiger charge is 2.17. The molecule has 2 aromatic carbocycles. The molecule has 0 aliphatic rings. The van der Waals surface area contributed by atoms with E-state index in [-0.39, 0.29) is 10.8 Å². The number of amides is 1. The van der Waals surface area contributed by atoms with Gasteiger partial charge in [0.05, 0.1) is 10.6 Å². The first kappa shape index (κ1) is 20.5. The van der Waals surface area contributed by atoms with E-state index in [0.29, 0.717) is 11.5 Å². The molecule has 1 N–H and O–H groups in total. The zero-order valence-electron chi connectivity index (χ0n) is 15.4. The van der Waals surface area contributed by atoms with E-state index >= 15 is 0 Å². The maximum atomic E-state index is 12.2. The summed E-state index contributed by atoms with van der Waals surface area (Å²) in [5.41, 5.74) is 3.82. The summed E-state index contributed by atoms with van der Waals surface area (Å²) in [7, 11) is -0.429. The van der Waals surface area contributed by atoms with Crippen LogP contribution in [0.25, 0.3) is 0 Å². The molecule has 5 nitrogen and oxygen atoms in total. The van der Waals surface area contributed by atoms with Crippen LogP contribution in [0.1, 0.15) is 16.7 Å². The van der Waals surface area contributed by atoms with Gasteiger partial charge in [-0.2, -0.15) is 0 Å². The van der Waals surface area contributed by atoms with Gasteiger partial charge in [-0.15, -0.1) is 11.8 Å². The largest absolute Gasteiger partial charge is 0.325 e. The summed E-state index contributed by atoms with van der Waals surface area (Å²) in [6.45, 7) is 3.94. The van der Waals surface area contributed by atoms with Crippen molar-refractivity contribution in [1.29, 1.82) is 0 Å². The number of hydrogen-bond acceptors (Lipinski definition) is 4. The number of carbonyl (C=O) groups excluding carboxylic acids is 1. The van der Waals surface area contributed by atoms with Crippen LogP contribution in [-0.2, 0) is 20.6 Å².